The number of benzene rings is 3. The summed E-state index contributed by atoms with van der Waals surface area (Å²) in [6.45, 7) is 2.44. The molecule has 5 heteroatoms. The van der Waals surface area contributed by atoms with Crippen molar-refractivity contribution in [2.24, 2.45) is 5.73 Å². The van der Waals surface area contributed by atoms with Gasteiger partial charge in [-0.3, -0.25) is 9.59 Å². The van der Waals surface area contributed by atoms with Crippen LogP contribution in [0.25, 0.3) is 0 Å². The van der Waals surface area contributed by atoms with Gasteiger partial charge in [-0.15, -0.1) is 0 Å². The highest BCUT2D eigenvalue weighted by atomic mass is 16.5. The summed E-state index contributed by atoms with van der Waals surface area (Å²) in [4.78, 5) is 23.9. The summed E-state index contributed by atoms with van der Waals surface area (Å²) in [5.74, 6) is -0.102. The van der Waals surface area contributed by atoms with E-state index in [0.717, 1.165) is 11.3 Å². The van der Waals surface area contributed by atoms with Crippen LogP contribution >= 0.6 is 0 Å². The van der Waals surface area contributed by atoms with E-state index >= 15 is 0 Å². The molecule has 0 aromatic heterocycles. The van der Waals surface area contributed by atoms with E-state index in [9.17, 15) is 9.59 Å². The Morgan fingerprint density at radius 3 is 2.26 bits per heavy atom. The van der Waals surface area contributed by atoms with Gasteiger partial charge in [0.15, 0.2) is 0 Å². The number of hydrogen-bond donors (Lipinski definition) is 2. The van der Waals surface area contributed by atoms with E-state index in [1.165, 1.54) is 5.56 Å². The van der Waals surface area contributed by atoms with E-state index in [1.807, 2.05) is 43.3 Å². The smallest absolute Gasteiger partial charge is 0.255 e. The Bertz CT molecular complexity index is 948. The minimum absolute atomic E-state index is 0.272. The van der Waals surface area contributed by atoms with Crippen molar-refractivity contribution < 1.29 is 14.3 Å². The molecular weight excluding hydrogens is 340 g/mol. The molecule has 0 aliphatic rings. The number of ether oxygens (including phenoxy) is 1. The number of nitrogens with one attached hydrogen (secondary N) is 1. The van der Waals surface area contributed by atoms with Gasteiger partial charge in [-0.25, -0.2) is 0 Å². The van der Waals surface area contributed by atoms with Gasteiger partial charge in [0.25, 0.3) is 11.8 Å². The summed E-state index contributed by atoms with van der Waals surface area (Å²) in [6, 6.07) is 21.6. The van der Waals surface area contributed by atoms with E-state index in [2.05, 4.69) is 5.32 Å². The van der Waals surface area contributed by atoms with Crippen molar-refractivity contribution in [2.75, 3.05) is 5.32 Å². The first-order chi connectivity index (χ1) is 13.0. The van der Waals surface area contributed by atoms with E-state index < -0.39 is 5.91 Å². The summed E-state index contributed by atoms with van der Waals surface area (Å²) in [5, 5.41) is 2.72. The quantitative estimate of drug-likeness (QED) is 0.699. The van der Waals surface area contributed by atoms with Gasteiger partial charge in [-0.1, -0.05) is 42.0 Å². The Balaban J connectivity index is 1.64. The van der Waals surface area contributed by atoms with Crippen LogP contribution in [-0.2, 0) is 6.61 Å². The predicted molar refractivity (Wildman–Crippen MR) is 105 cm³/mol. The van der Waals surface area contributed by atoms with Crippen molar-refractivity contribution >= 4 is 17.5 Å². The second kappa shape index (κ2) is 8.19. The molecule has 0 saturated carbocycles. The van der Waals surface area contributed by atoms with Crippen molar-refractivity contribution in [3.63, 3.8) is 0 Å². The largest absolute Gasteiger partial charge is 0.489 e. The lowest BCUT2D eigenvalue weighted by molar-refractivity contribution is 0.100. The molecule has 0 unspecified atom stereocenters. The van der Waals surface area contributed by atoms with Crippen LogP contribution < -0.4 is 15.8 Å². The number of aryl methyl sites for hydroxylation is 1. The van der Waals surface area contributed by atoms with Crippen LogP contribution in [0.5, 0.6) is 5.75 Å². The van der Waals surface area contributed by atoms with Crippen LogP contribution in [0, 0.1) is 6.92 Å². The number of carbonyl (C=O) groups excluding carboxylic acids is 2. The van der Waals surface area contributed by atoms with E-state index in [-0.39, 0.29) is 11.5 Å². The molecule has 5 nitrogen and oxygen atoms in total. The van der Waals surface area contributed by atoms with Crippen molar-refractivity contribution in [1.29, 1.82) is 0 Å². The summed E-state index contributed by atoms with van der Waals surface area (Å²) in [5.41, 5.74) is 8.60. The van der Waals surface area contributed by atoms with Crippen LogP contribution in [0.1, 0.15) is 31.8 Å². The second-order valence-corrected chi connectivity index (χ2v) is 6.16. The zero-order chi connectivity index (χ0) is 19.2. The molecule has 27 heavy (non-hydrogen) atoms. The lowest BCUT2D eigenvalue weighted by atomic mass is 10.1. The number of hydrogen-bond acceptors (Lipinski definition) is 3. The van der Waals surface area contributed by atoms with Crippen molar-refractivity contribution in [1.82, 2.24) is 0 Å². The minimum atomic E-state index is -0.588. The molecule has 0 bridgehead atoms. The fourth-order valence-corrected chi connectivity index (χ4v) is 2.55. The zero-order valence-electron chi connectivity index (χ0n) is 14.9. The highest BCUT2D eigenvalue weighted by molar-refractivity contribution is 6.08. The van der Waals surface area contributed by atoms with Gasteiger partial charge in [-0.2, -0.15) is 0 Å². The highest BCUT2D eigenvalue weighted by Crippen LogP contribution is 2.17. The number of rotatable bonds is 6. The first kappa shape index (κ1) is 18.2. The van der Waals surface area contributed by atoms with E-state index in [1.54, 1.807) is 36.4 Å². The van der Waals surface area contributed by atoms with Crippen molar-refractivity contribution in [3.05, 3.63) is 95.1 Å². The van der Waals surface area contributed by atoms with Gasteiger partial charge in [-0.05, 0) is 48.9 Å². The van der Waals surface area contributed by atoms with Crippen molar-refractivity contribution in [3.8, 4) is 5.75 Å². The fourth-order valence-electron chi connectivity index (χ4n) is 2.55. The molecule has 0 radical (unpaired) electrons. The zero-order valence-corrected chi connectivity index (χ0v) is 14.9. The third-order valence-electron chi connectivity index (χ3n) is 4.08. The molecule has 0 atom stereocenters. The maximum absolute atomic E-state index is 12.4. The Labute approximate surface area is 157 Å². The first-order valence-corrected chi connectivity index (χ1v) is 8.51. The fraction of sp³-hybridized carbons (Fsp3) is 0.0909. The van der Waals surface area contributed by atoms with Crippen LogP contribution in [0.3, 0.4) is 0 Å². The number of carbonyl (C=O) groups is 2. The van der Waals surface area contributed by atoms with Crippen LogP contribution in [0.2, 0.25) is 0 Å². The lowest BCUT2D eigenvalue weighted by Crippen LogP contribution is -2.18. The number of anilines is 1. The number of amides is 2. The molecule has 0 aliphatic carbocycles. The molecule has 3 N–H and O–H groups in total. The van der Waals surface area contributed by atoms with Gasteiger partial charge >= 0.3 is 0 Å². The SMILES string of the molecule is Cc1ccc(OCc2ccc(C(=O)Nc3ccccc3C(N)=O)cc2)cc1. The molecular formula is C22H20N2O3. The molecule has 0 aliphatic heterocycles. The molecule has 0 spiro atoms. The molecule has 3 aromatic carbocycles. The third kappa shape index (κ3) is 4.73. The van der Waals surface area contributed by atoms with Crippen molar-refractivity contribution in [2.45, 2.75) is 13.5 Å². The number of nitrogens with two attached hydrogens (primary N) is 1. The van der Waals surface area contributed by atoms with E-state index in [4.69, 9.17) is 10.5 Å². The number of primary amides is 1. The molecule has 0 heterocycles. The molecule has 3 aromatic rings. The Hall–Kier alpha value is -3.60. The molecule has 2 amide bonds. The van der Waals surface area contributed by atoms with Gasteiger partial charge in [0, 0.05) is 5.56 Å². The van der Waals surface area contributed by atoms with Crippen LogP contribution in [0.4, 0.5) is 5.69 Å². The maximum atomic E-state index is 12.4. The average Bonchev–Trinajstić information content (AvgIpc) is 2.68. The second-order valence-electron chi connectivity index (χ2n) is 6.16. The molecule has 136 valence electrons. The predicted octanol–water partition coefficient (Wildman–Crippen LogP) is 3.93. The topological polar surface area (TPSA) is 81.4 Å². The highest BCUT2D eigenvalue weighted by Gasteiger charge is 2.11. The molecule has 0 saturated heterocycles. The van der Waals surface area contributed by atoms with Crippen LogP contribution in [-0.4, -0.2) is 11.8 Å². The normalized spacial score (nSPS) is 10.3. The van der Waals surface area contributed by atoms with Crippen LogP contribution in [0.15, 0.2) is 72.8 Å². The Morgan fingerprint density at radius 1 is 0.926 bits per heavy atom. The minimum Gasteiger partial charge on any atom is -0.489 e. The summed E-state index contributed by atoms with van der Waals surface area (Å²) >= 11 is 0. The number of para-hydroxylation sites is 1. The summed E-state index contributed by atoms with van der Waals surface area (Å²) in [7, 11) is 0. The van der Waals surface area contributed by atoms with Gasteiger partial charge in [0.2, 0.25) is 0 Å². The molecule has 3 rings (SSSR count). The van der Waals surface area contributed by atoms with Gasteiger partial charge in [0.05, 0.1) is 11.3 Å². The van der Waals surface area contributed by atoms with E-state index in [0.29, 0.717) is 17.9 Å². The Kier molecular flexibility index (Phi) is 5.52. The monoisotopic (exact) mass is 360 g/mol. The Morgan fingerprint density at radius 2 is 1.59 bits per heavy atom. The van der Waals surface area contributed by atoms with Gasteiger partial charge < -0.3 is 15.8 Å². The third-order valence-corrected chi connectivity index (χ3v) is 4.08. The summed E-state index contributed by atoms with van der Waals surface area (Å²) in [6.07, 6.45) is 0. The average molecular weight is 360 g/mol. The lowest BCUT2D eigenvalue weighted by Gasteiger charge is -2.10. The summed E-state index contributed by atoms with van der Waals surface area (Å²) < 4.78 is 5.73. The maximum Gasteiger partial charge on any atom is 0.255 e. The molecule has 0 fully saturated rings. The standard InChI is InChI=1S/C22H20N2O3/c1-15-6-12-18(13-7-15)27-14-16-8-10-17(11-9-16)22(26)24-20-5-3-2-4-19(20)21(23)25/h2-13H,14H2,1H3,(H2,23,25)(H,24,26). The van der Waals surface area contributed by atoms with Gasteiger partial charge in [0.1, 0.15) is 12.4 Å². The first-order valence-electron chi connectivity index (χ1n) is 8.51.